The normalized spacial score (nSPS) is 14.5. The molecule has 3 aromatic carbocycles. The average Bonchev–Trinajstić information content (AvgIpc) is 2.93. The maximum atomic E-state index is 13.1. The fourth-order valence-corrected chi connectivity index (χ4v) is 6.85. The van der Waals surface area contributed by atoms with Crippen molar-refractivity contribution in [2.75, 3.05) is 44.2 Å². The van der Waals surface area contributed by atoms with Crippen molar-refractivity contribution in [3.63, 3.8) is 0 Å². The summed E-state index contributed by atoms with van der Waals surface area (Å²) in [4.78, 5) is 12.9. The molecule has 4 rings (SSSR count). The second kappa shape index (κ2) is 12.4. The van der Waals surface area contributed by atoms with Gasteiger partial charge in [0.15, 0.2) is 0 Å². The van der Waals surface area contributed by atoms with Crippen molar-refractivity contribution in [2.45, 2.75) is 30.6 Å². The maximum absolute atomic E-state index is 13.1. The first-order valence-electron chi connectivity index (χ1n) is 12.8. The summed E-state index contributed by atoms with van der Waals surface area (Å²) < 4.78 is 66.5. The molecule has 10 nitrogen and oxygen atoms in total. The van der Waals surface area contributed by atoms with Gasteiger partial charge in [0.25, 0.3) is 15.9 Å². The second-order valence-electron chi connectivity index (χ2n) is 9.48. The highest BCUT2D eigenvalue weighted by Gasteiger charge is 2.26. The molecule has 214 valence electrons. The standard InChI is InChI=1S/C28H33N3O7S2/c1-20-5-7-24(18-22(20)3)30-39(33,34)27-19-23(6-4-21(27)2)28(32)29-12-15-38-25-8-10-26(11-9-25)40(35,36)31-13-16-37-17-14-31/h4-11,18-19,30H,12-17H2,1-3H3,(H,29,32). The maximum Gasteiger partial charge on any atom is 0.262 e. The van der Waals surface area contributed by atoms with E-state index in [2.05, 4.69) is 10.0 Å². The van der Waals surface area contributed by atoms with Gasteiger partial charge in [0, 0.05) is 24.3 Å². The number of amides is 1. The Morgan fingerprint density at radius 2 is 1.55 bits per heavy atom. The van der Waals surface area contributed by atoms with E-state index in [0.717, 1.165) is 11.1 Å². The minimum Gasteiger partial charge on any atom is -0.492 e. The molecule has 0 aromatic heterocycles. The van der Waals surface area contributed by atoms with Gasteiger partial charge in [0.1, 0.15) is 12.4 Å². The lowest BCUT2D eigenvalue weighted by Gasteiger charge is -2.26. The molecule has 1 fully saturated rings. The molecule has 0 radical (unpaired) electrons. The van der Waals surface area contributed by atoms with E-state index in [1.54, 1.807) is 43.3 Å². The summed E-state index contributed by atoms with van der Waals surface area (Å²) >= 11 is 0. The molecule has 0 bridgehead atoms. The number of ether oxygens (including phenoxy) is 2. The zero-order valence-corrected chi connectivity index (χ0v) is 24.3. The van der Waals surface area contributed by atoms with Gasteiger partial charge in [-0.1, -0.05) is 12.1 Å². The van der Waals surface area contributed by atoms with Crippen molar-refractivity contribution >= 4 is 31.6 Å². The zero-order chi connectivity index (χ0) is 28.9. The van der Waals surface area contributed by atoms with Crippen molar-refractivity contribution in [1.29, 1.82) is 0 Å². The molecule has 0 aliphatic carbocycles. The van der Waals surface area contributed by atoms with Crippen LogP contribution in [0.2, 0.25) is 0 Å². The van der Waals surface area contributed by atoms with Crippen LogP contribution in [0.1, 0.15) is 27.0 Å². The van der Waals surface area contributed by atoms with Crippen molar-refractivity contribution < 1.29 is 31.1 Å². The van der Waals surface area contributed by atoms with E-state index in [4.69, 9.17) is 9.47 Å². The molecule has 1 amide bonds. The van der Waals surface area contributed by atoms with Crippen LogP contribution in [0.3, 0.4) is 0 Å². The Bertz CT molecular complexity index is 1580. The minimum absolute atomic E-state index is 0.0155. The number of carbonyl (C=O) groups is 1. The molecule has 1 heterocycles. The Hall–Kier alpha value is -3.45. The Kier molecular flexibility index (Phi) is 9.14. The number of nitrogens with zero attached hydrogens (tertiary/aromatic N) is 1. The number of aryl methyl sites for hydroxylation is 3. The third-order valence-corrected chi connectivity index (χ3v) is 10.0. The van der Waals surface area contributed by atoms with Gasteiger partial charge in [-0.2, -0.15) is 4.31 Å². The predicted octanol–water partition coefficient (Wildman–Crippen LogP) is 3.24. The third kappa shape index (κ3) is 7.00. The highest BCUT2D eigenvalue weighted by atomic mass is 32.2. The number of sulfonamides is 2. The van der Waals surface area contributed by atoms with Gasteiger partial charge in [-0.3, -0.25) is 9.52 Å². The monoisotopic (exact) mass is 587 g/mol. The molecule has 2 N–H and O–H groups in total. The number of benzene rings is 3. The Morgan fingerprint density at radius 3 is 2.23 bits per heavy atom. The number of morpholine rings is 1. The van der Waals surface area contributed by atoms with E-state index in [0.29, 0.717) is 43.3 Å². The van der Waals surface area contributed by atoms with Crippen LogP contribution in [0, 0.1) is 20.8 Å². The lowest BCUT2D eigenvalue weighted by molar-refractivity contribution is 0.0730. The van der Waals surface area contributed by atoms with Gasteiger partial charge in [0.2, 0.25) is 10.0 Å². The number of nitrogens with one attached hydrogen (secondary N) is 2. The largest absolute Gasteiger partial charge is 0.492 e. The van der Waals surface area contributed by atoms with Crippen LogP contribution >= 0.6 is 0 Å². The summed E-state index contributed by atoms with van der Waals surface area (Å²) in [5.41, 5.74) is 3.16. The summed E-state index contributed by atoms with van der Waals surface area (Å²) in [6.45, 7) is 7.18. The van der Waals surface area contributed by atoms with Crippen LogP contribution in [-0.2, 0) is 24.8 Å². The van der Waals surface area contributed by atoms with Gasteiger partial charge in [-0.25, -0.2) is 16.8 Å². The van der Waals surface area contributed by atoms with Gasteiger partial charge in [-0.05, 0) is 86.0 Å². The molecule has 1 saturated heterocycles. The van der Waals surface area contributed by atoms with Crippen molar-refractivity contribution in [3.05, 3.63) is 82.9 Å². The van der Waals surface area contributed by atoms with Gasteiger partial charge < -0.3 is 14.8 Å². The molecule has 0 atom stereocenters. The molecule has 1 aliphatic heterocycles. The Balaban J connectivity index is 1.33. The lowest BCUT2D eigenvalue weighted by Crippen LogP contribution is -2.40. The van der Waals surface area contributed by atoms with Crippen LogP contribution in [0.15, 0.2) is 70.5 Å². The topological polar surface area (TPSA) is 131 Å². The average molecular weight is 588 g/mol. The van der Waals surface area contributed by atoms with E-state index < -0.39 is 26.0 Å². The predicted molar refractivity (Wildman–Crippen MR) is 152 cm³/mol. The molecule has 0 spiro atoms. The third-order valence-electron chi connectivity index (χ3n) is 6.59. The first-order chi connectivity index (χ1) is 19.0. The number of carbonyl (C=O) groups excluding carboxylic acids is 1. The second-order valence-corrected chi connectivity index (χ2v) is 13.1. The zero-order valence-electron chi connectivity index (χ0n) is 22.6. The van der Waals surface area contributed by atoms with Crippen LogP contribution in [0.5, 0.6) is 5.75 Å². The van der Waals surface area contributed by atoms with Gasteiger partial charge in [-0.15, -0.1) is 0 Å². The van der Waals surface area contributed by atoms with E-state index in [9.17, 15) is 21.6 Å². The Labute approximate surface area is 235 Å². The van der Waals surface area contributed by atoms with Crippen molar-refractivity contribution in [2.24, 2.45) is 0 Å². The quantitative estimate of drug-likeness (QED) is 0.348. The van der Waals surface area contributed by atoms with Crippen LogP contribution in [0.25, 0.3) is 0 Å². The van der Waals surface area contributed by atoms with Crippen LogP contribution < -0.4 is 14.8 Å². The number of anilines is 1. The fourth-order valence-electron chi connectivity index (χ4n) is 4.13. The number of hydrogen-bond acceptors (Lipinski definition) is 7. The first-order valence-corrected chi connectivity index (χ1v) is 15.7. The summed E-state index contributed by atoms with van der Waals surface area (Å²) in [5.74, 6) is 0.00879. The van der Waals surface area contributed by atoms with Crippen LogP contribution in [0.4, 0.5) is 5.69 Å². The highest BCUT2D eigenvalue weighted by Crippen LogP contribution is 2.23. The molecule has 3 aromatic rings. The van der Waals surface area contributed by atoms with Crippen molar-refractivity contribution in [1.82, 2.24) is 9.62 Å². The Morgan fingerprint density at radius 1 is 0.875 bits per heavy atom. The van der Waals surface area contributed by atoms with E-state index in [1.165, 1.54) is 22.5 Å². The fraction of sp³-hybridized carbons (Fsp3) is 0.321. The first kappa shape index (κ1) is 29.5. The minimum atomic E-state index is -3.92. The summed E-state index contributed by atoms with van der Waals surface area (Å²) in [6.07, 6.45) is 0. The van der Waals surface area contributed by atoms with E-state index >= 15 is 0 Å². The van der Waals surface area contributed by atoms with E-state index in [-0.39, 0.29) is 28.5 Å². The van der Waals surface area contributed by atoms with Gasteiger partial charge >= 0.3 is 0 Å². The SMILES string of the molecule is Cc1ccc(NS(=O)(=O)c2cc(C(=O)NCCOc3ccc(S(=O)(=O)N4CCOCC4)cc3)ccc2C)cc1C. The van der Waals surface area contributed by atoms with Crippen molar-refractivity contribution in [3.8, 4) is 5.75 Å². The summed E-state index contributed by atoms with van der Waals surface area (Å²) in [6, 6.07) is 15.9. The lowest BCUT2D eigenvalue weighted by atomic mass is 10.1. The summed E-state index contributed by atoms with van der Waals surface area (Å²) in [5, 5.41) is 2.72. The number of hydrogen-bond donors (Lipinski definition) is 2. The smallest absolute Gasteiger partial charge is 0.262 e. The molecule has 12 heteroatoms. The molecule has 0 unspecified atom stereocenters. The molecular weight excluding hydrogens is 554 g/mol. The van der Waals surface area contributed by atoms with Crippen LogP contribution in [-0.4, -0.2) is 66.5 Å². The molecular formula is C28H33N3O7S2. The highest BCUT2D eigenvalue weighted by molar-refractivity contribution is 7.92. The molecule has 1 aliphatic rings. The molecule has 0 saturated carbocycles. The van der Waals surface area contributed by atoms with E-state index in [1.807, 2.05) is 19.9 Å². The number of rotatable bonds is 10. The summed E-state index contributed by atoms with van der Waals surface area (Å²) in [7, 11) is -7.51. The molecule has 40 heavy (non-hydrogen) atoms. The van der Waals surface area contributed by atoms with Gasteiger partial charge in [0.05, 0.1) is 29.5 Å².